The van der Waals surface area contributed by atoms with Crippen LogP contribution >= 0.6 is 0 Å². The third-order valence-corrected chi connectivity index (χ3v) is 1.20. The van der Waals surface area contributed by atoms with Gasteiger partial charge in [-0.3, -0.25) is 0 Å². The second-order valence-corrected chi connectivity index (χ2v) is 2.18. The third-order valence-electron chi connectivity index (χ3n) is 1.20. The van der Waals surface area contributed by atoms with Crippen LogP contribution in [0.5, 0.6) is 0 Å². The van der Waals surface area contributed by atoms with E-state index in [-0.39, 0.29) is 6.61 Å². The lowest BCUT2D eigenvalue weighted by Crippen LogP contribution is -2.09. The molecule has 0 atom stereocenters. The van der Waals surface area contributed by atoms with Gasteiger partial charge >= 0.3 is 5.97 Å². The lowest BCUT2D eigenvalue weighted by molar-refractivity contribution is -0.136. The Hall–Kier alpha value is -1.09. The van der Waals surface area contributed by atoms with Crippen molar-refractivity contribution >= 4 is 5.97 Å². The van der Waals surface area contributed by atoms with Gasteiger partial charge in [0.1, 0.15) is 0 Å². The van der Waals surface area contributed by atoms with Gasteiger partial charge in [-0.05, 0) is 6.92 Å². The molecule has 3 heteroatoms. The van der Waals surface area contributed by atoms with Crippen LogP contribution in [0.4, 0.5) is 0 Å². The Bertz CT molecular complexity index is 182. The van der Waals surface area contributed by atoms with Crippen molar-refractivity contribution in [2.45, 2.75) is 6.92 Å². The highest BCUT2D eigenvalue weighted by Gasteiger charge is 2.04. The number of esters is 1. The number of hydrogen-bond donors (Lipinski definition) is 0. The highest BCUT2D eigenvalue weighted by Crippen LogP contribution is 1.94. The summed E-state index contributed by atoms with van der Waals surface area (Å²) in [7, 11) is 1.32. The second kappa shape index (κ2) is 6.61. The van der Waals surface area contributed by atoms with Crippen LogP contribution < -0.4 is 0 Å². The summed E-state index contributed by atoms with van der Waals surface area (Å²) in [6, 6.07) is 0. The van der Waals surface area contributed by atoms with Gasteiger partial charge in [0.15, 0.2) is 0 Å². The quantitative estimate of drug-likeness (QED) is 0.270. The number of carbonyl (C=O) groups is 1. The summed E-state index contributed by atoms with van der Waals surface area (Å²) in [5.41, 5.74) is 0.335. The minimum Gasteiger partial charge on any atom is -0.466 e. The first-order valence-corrected chi connectivity index (χ1v) is 3.67. The lowest BCUT2D eigenvalue weighted by Gasteiger charge is -2.02. The molecule has 0 unspecified atom stereocenters. The van der Waals surface area contributed by atoms with E-state index in [1.165, 1.54) is 7.11 Å². The fourth-order valence-corrected chi connectivity index (χ4v) is 0.550. The molecule has 0 amide bonds. The molecule has 0 aromatic carbocycles. The molecule has 0 spiro atoms. The van der Waals surface area contributed by atoms with Gasteiger partial charge in [0.2, 0.25) is 0 Å². The van der Waals surface area contributed by atoms with Gasteiger partial charge in [-0.1, -0.05) is 18.7 Å². The van der Waals surface area contributed by atoms with Crippen LogP contribution in [0, 0.1) is 0 Å². The van der Waals surface area contributed by atoms with Gasteiger partial charge in [-0.2, -0.15) is 0 Å². The van der Waals surface area contributed by atoms with Crippen molar-refractivity contribution < 1.29 is 14.3 Å². The van der Waals surface area contributed by atoms with E-state index in [2.05, 4.69) is 11.3 Å². The normalized spacial score (nSPS) is 10.2. The van der Waals surface area contributed by atoms with Crippen LogP contribution in [0.25, 0.3) is 0 Å². The Morgan fingerprint density at radius 2 is 2.25 bits per heavy atom. The Morgan fingerprint density at radius 3 is 2.75 bits per heavy atom. The molecule has 3 nitrogen and oxygen atoms in total. The molecule has 0 radical (unpaired) electrons. The van der Waals surface area contributed by atoms with Gasteiger partial charge < -0.3 is 9.47 Å². The number of ether oxygens (including phenoxy) is 2. The number of hydrogen-bond acceptors (Lipinski definition) is 3. The topological polar surface area (TPSA) is 35.5 Å². The summed E-state index contributed by atoms with van der Waals surface area (Å²) in [6.45, 7) is 6.11. The zero-order chi connectivity index (χ0) is 9.40. The predicted molar refractivity (Wildman–Crippen MR) is 46.8 cm³/mol. The maximum Gasteiger partial charge on any atom is 0.335 e. The molecule has 0 saturated carbocycles. The first-order valence-electron chi connectivity index (χ1n) is 3.67. The van der Waals surface area contributed by atoms with Crippen molar-refractivity contribution in [2.24, 2.45) is 0 Å². The second-order valence-electron chi connectivity index (χ2n) is 2.18. The fourth-order valence-electron chi connectivity index (χ4n) is 0.550. The maximum absolute atomic E-state index is 10.8. The Kier molecular flexibility index (Phi) is 6.01. The van der Waals surface area contributed by atoms with Gasteiger partial charge in [0.05, 0.1) is 25.9 Å². The molecule has 0 fully saturated rings. The standard InChI is InChI=1S/C9H14O3/c1-4-5-6-12-7-8(2)9(10)11-3/h4-5H,2,6-7H2,1,3H3/b5-4+. The summed E-state index contributed by atoms with van der Waals surface area (Å²) >= 11 is 0. The SMILES string of the molecule is C=C(COC/C=C/C)C(=O)OC. The van der Waals surface area contributed by atoms with E-state index in [1.807, 2.05) is 19.1 Å². The molecular weight excluding hydrogens is 156 g/mol. The van der Waals surface area contributed by atoms with E-state index >= 15 is 0 Å². The highest BCUT2D eigenvalue weighted by atomic mass is 16.5. The number of allylic oxidation sites excluding steroid dienone is 1. The van der Waals surface area contributed by atoms with E-state index in [0.717, 1.165) is 0 Å². The molecule has 0 aromatic heterocycles. The number of methoxy groups -OCH3 is 1. The first kappa shape index (κ1) is 10.9. The van der Waals surface area contributed by atoms with E-state index in [9.17, 15) is 4.79 Å². The van der Waals surface area contributed by atoms with E-state index < -0.39 is 5.97 Å². The Labute approximate surface area is 72.7 Å². The largest absolute Gasteiger partial charge is 0.466 e. The monoisotopic (exact) mass is 170 g/mol. The van der Waals surface area contributed by atoms with Crippen molar-refractivity contribution in [1.29, 1.82) is 0 Å². The van der Waals surface area contributed by atoms with Crippen molar-refractivity contribution in [3.8, 4) is 0 Å². The maximum atomic E-state index is 10.8. The molecule has 0 aliphatic heterocycles. The molecule has 0 aromatic rings. The van der Waals surface area contributed by atoms with Crippen LogP contribution in [0.1, 0.15) is 6.92 Å². The van der Waals surface area contributed by atoms with Crippen LogP contribution in [-0.2, 0) is 14.3 Å². The summed E-state index contributed by atoms with van der Waals surface area (Å²) in [6.07, 6.45) is 3.73. The van der Waals surface area contributed by atoms with Crippen molar-refractivity contribution in [1.82, 2.24) is 0 Å². The van der Waals surface area contributed by atoms with Crippen molar-refractivity contribution in [3.63, 3.8) is 0 Å². The molecule has 0 rings (SSSR count). The van der Waals surface area contributed by atoms with Crippen molar-refractivity contribution in [3.05, 3.63) is 24.3 Å². The molecule has 68 valence electrons. The fraction of sp³-hybridized carbons (Fsp3) is 0.444. The van der Waals surface area contributed by atoms with Gasteiger partial charge in [0, 0.05) is 0 Å². The molecule has 12 heavy (non-hydrogen) atoms. The summed E-state index contributed by atoms with van der Waals surface area (Å²) in [5, 5.41) is 0. The van der Waals surface area contributed by atoms with Gasteiger partial charge in [0.25, 0.3) is 0 Å². The lowest BCUT2D eigenvalue weighted by atomic mass is 10.3. The molecular formula is C9H14O3. The first-order chi connectivity index (χ1) is 5.72. The molecule has 0 N–H and O–H groups in total. The molecule has 0 heterocycles. The van der Waals surface area contributed by atoms with E-state index in [1.54, 1.807) is 0 Å². The predicted octanol–water partition coefficient (Wildman–Crippen LogP) is 1.31. The minimum atomic E-state index is -0.421. The zero-order valence-corrected chi connectivity index (χ0v) is 7.50. The minimum absolute atomic E-state index is 0.219. The van der Waals surface area contributed by atoms with Crippen LogP contribution in [0.2, 0.25) is 0 Å². The average molecular weight is 170 g/mol. The van der Waals surface area contributed by atoms with Crippen LogP contribution in [-0.4, -0.2) is 26.3 Å². The Balaban J connectivity index is 3.51. The van der Waals surface area contributed by atoms with E-state index in [4.69, 9.17) is 4.74 Å². The molecule has 0 bridgehead atoms. The summed E-state index contributed by atoms with van der Waals surface area (Å²) in [4.78, 5) is 10.8. The molecule has 0 aliphatic carbocycles. The van der Waals surface area contributed by atoms with E-state index in [0.29, 0.717) is 12.2 Å². The highest BCUT2D eigenvalue weighted by molar-refractivity contribution is 5.87. The molecule has 0 saturated heterocycles. The summed E-state index contributed by atoms with van der Waals surface area (Å²) < 4.78 is 9.50. The smallest absolute Gasteiger partial charge is 0.335 e. The average Bonchev–Trinajstić information content (AvgIpc) is 2.10. The summed E-state index contributed by atoms with van der Waals surface area (Å²) in [5.74, 6) is -0.421. The van der Waals surface area contributed by atoms with Crippen LogP contribution in [0.15, 0.2) is 24.3 Å². The molecule has 0 aliphatic rings. The van der Waals surface area contributed by atoms with Gasteiger partial charge in [-0.15, -0.1) is 0 Å². The number of rotatable bonds is 5. The van der Waals surface area contributed by atoms with Gasteiger partial charge in [-0.25, -0.2) is 4.79 Å². The van der Waals surface area contributed by atoms with Crippen molar-refractivity contribution in [2.75, 3.05) is 20.3 Å². The number of carbonyl (C=O) groups excluding carboxylic acids is 1. The van der Waals surface area contributed by atoms with Crippen LogP contribution in [0.3, 0.4) is 0 Å². The zero-order valence-electron chi connectivity index (χ0n) is 7.50. The third kappa shape index (κ3) is 4.68. The Morgan fingerprint density at radius 1 is 1.58 bits per heavy atom.